The van der Waals surface area contributed by atoms with Crippen molar-refractivity contribution in [3.63, 3.8) is 0 Å². The van der Waals surface area contributed by atoms with Crippen molar-refractivity contribution >= 4 is 33.3 Å². The number of hydrogen-bond acceptors (Lipinski definition) is 6. The van der Waals surface area contributed by atoms with Crippen molar-refractivity contribution in [1.29, 1.82) is 0 Å². The Morgan fingerprint density at radius 3 is 2.63 bits per heavy atom. The first kappa shape index (κ1) is 18.8. The predicted octanol–water partition coefficient (Wildman–Crippen LogP) is 4.53. The number of aryl methyl sites for hydroxylation is 2. The van der Waals surface area contributed by atoms with Gasteiger partial charge in [-0.25, -0.2) is 9.97 Å². The highest BCUT2D eigenvalue weighted by atomic mass is 32.1. The van der Waals surface area contributed by atoms with Gasteiger partial charge in [0.1, 0.15) is 17.0 Å². The predicted molar refractivity (Wildman–Crippen MR) is 119 cm³/mol. The van der Waals surface area contributed by atoms with E-state index in [1.807, 2.05) is 4.90 Å². The minimum atomic E-state index is -0.0565. The Labute approximate surface area is 178 Å². The van der Waals surface area contributed by atoms with Gasteiger partial charge < -0.3 is 14.2 Å². The van der Waals surface area contributed by atoms with Crippen LogP contribution in [0.5, 0.6) is 0 Å². The minimum absolute atomic E-state index is 0.0565. The molecule has 1 amide bonds. The zero-order chi connectivity index (χ0) is 20.7. The van der Waals surface area contributed by atoms with Crippen LogP contribution >= 0.6 is 11.3 Å². The van der Waals surface area contributed by atoms with E-state index in [1.54, 1.807) is 29.8 Å². The topological polar surface area (TPSA) is 62.5 Å². The maximum Gasteiger partial charge on any atom is 0.289 e. The van der Waals surface area contributed by atoms with Crippen molar-refractivity contribution < 1.29 is 9.21 Å². The van der Waals surface area contributed by atoms with Gasteiger partial charge in [-0.1, -0.05) is 23.8 Å². The van der Waals surface area contributed by atoms with Gasteiger partial charge in [0.2, 0.25) is 0 Å². The third-order valence-corrected chi connectivity index (χ3v) is 6.51. The number of amides is 1. The first-order chi connectivity index (χ1) is 14.6. The average molecular weight is 419 g/mol. The molecule has 1 aliphatic heterocycles. The lowest BCUT2D eigenvalue weighted by atomic mass is 9.99. The molecule has 0 atom stereocenters. The molecule has 1 aromatic carbocycles. The molecule has 4 heterocycles. The van der Waals surface area contributed by atoms with Crippen LogP contribution in [0.2, 0.25) is 0 Å². The molecule has 0 aliphatic carbocycles. The number of piperazine rings is 1. The normalized spacial score (nSPS) is 14.5. The quantitative estimate of drug-likeness (QED) is 0.489. The summed E-state index contributed by atoms with van der Waals surface area (Å²) in [5.74, 6) is 1.28. The third-order valence-electron chi connectivity index (χ3n) is 5.62. The fraction of sp³-hybridized carbons (Fsp3) is 0.261. The second-order valence-corrected chi connectivity index (χ2v) is 8.46. The van der Waals surface area contributed by atoms with Crippen LogP contribution in [0.3, 0.4) is 0 Å². The lowest BCUT2D eigenvalue weighted by Crippen LogP contribution is -2.49. The summed E-state index contributed by atoms with van der Waals surface area (Å²) in [5.41, 5.74) is 4.90. The Bertz CT molecular complexity index is 1210. The minimum Gasteiger partial charge on any atom is -0.459 e. The molecule has 3 aromatic heterocycles. The van der Waals surface area contributed by atoms with Gasteiger partial charge in [-0.05, 0) is 37.1 Å². The highest BCUT2D eigenvalue weighted by Crippen LogP contribution is 2.39. The van der Waals surface area contributed by atoms with Gasteiger partial charge in [-0.2, -0.15) is 0 Å². The van der Waals surface area contributed by atoms with Gasteiger partial charge in [0.05, 0.1) is 11.6 Å². The molecular formula is C23H22N4O2S. The van der Waals surface area contributed by atoms with Crippen molar-refractivity contribution in [3.05, 3.63) is 65.2 Å². The van der Waals surface area contributed by atoms with Crippen molar-refractivity contribution in [1.82, 2.24) is 14.9 Å². The van der Waals surface area contributed by atoms with E-state index >= 15 is 0 Å². The van der Waals surface area contributed by atoms with Crippen LogP contribution in [0, 0.1) is 13.8 Å². The molecule has 0 bridgehead atoms. The molecule has 1 aliphatic rings. The zero-order valence-electron chi connectivity index (χ0n) is 17.0. The first-order valence-electron chi connectivity index (χ1n) is 9.99. The van der Waals surface area contributed by atoms with Gasteiger partial charge in [-0.15, -0.1) is 11.3 Å². The summed E-state index contributed by atoms with van der Waals surface area (Å²) in [5, 5.41) is 3.28. The number of anilines is 1. The lowest BCUT2D eigenvalue weighted by molar-refractivity contribution is 0.0714. The van der Waals surface area contributed by atoms with Gasteiger partial charge in [0, 0.05) is 37.1 Å². The van der Waals surface area contributed by atoms with Crippen molar-refractivity contribution in [2.24, 2.45) is 0 Å². The number of rotatable bonds is 3. The van der Waals surface area contributed by atoms with Crippen LogP contribution in [0.4, 0.5) is 5.82 Å². The van der Waals surface area contributed by atoms with Gasteiger partial charge in [0.25, 0.3) is 5.91 Å². The second kappa shape index (κ2) is 7.57. The number of carbonyl (C=O) groups excluding carboxylic acids is 1. The van der Waals surface area contributed by atoms with E-state index in [9.17, 15) is 4.79 Å². The molecule has 0 saturated carbocycles. The van der Waals surface area contributed by atoms with E-state index < -0.39 is 0 Å². The third kappa shape index (κ3) is 3.25. The molecule has 1 fully saturated rings. The Hall–Kier alpha value is -3.19. The van der Waals surface area contributed by atoms with Crippen LogP contribution < -0.4 is 4.90 Å². The van der Waals surface area contributed by atoms with E-state index in [0.717, 1.165) is 29.1 Å². The summed E-state index contributed by atoms with van der Waals surface area (Å²) in [4.78, 5) is 26.8. The van der Waals surface area contributed by atoms with Crippen LogP contribution in [-0.2, 0) is 0 Å². The van der Waals surface area contributed by atoms with Crippen LogP contribution in [-0.4, -0.2) is 47.0 Å². The molecule has 7 heteroatoms. The Kier molecular flexibility index (Phi) is 4.75. The van der Waals surface area contributed by atoms with E-state index in [1.165, 1.54) is 28.5 Å². The highest BCUT2D eigenvalue weighted by molar-refractivity contribution is 7.17. The molecular weight excluding hydrogens is 396 g/mol. The summed E-state index contributed by atoms with van der Waals surface area (Å²) in [6.07, 6.45) is 3.17. The van der Waals surface area contributed by atoms with Crippen LogP contribution in [0.15, 0.2) is 52.7 Å². The molecule has 0 N–H and O–H groups in total. The summed E-state index contributed by atoms with van der Waals surface area (Å²) in [7, 11) is 0. The van der Waals surface area contributed by atoms with Crippen LogP contribution in [0.1, 0.15) is 21.7 Å². The molecule has 30 heavy (non-hydrogen) atoms. The fourth-order valence-corrected chi connectivity index (χ4v) is 4.99. The van der Waals surface area contributed by atoms with Crippen LogP contribution in [0.25, 0.3) is 21.3 Å². The fourth-order valence-electron chi connectivity index (χ4n) is 4.09. The smallest absolute Gasteiger partial charge is 0.289 e. The molecule has 0 spiro atoms. The summed E-state index contributed by atoms with van der Waals surface area (Å²) < 4.78 is 5.27. The first-order valence-corrected chi connectivity index (χ1v) is 10.9. The number of hydrogen-bond donors (Lipinski definition) is 0. The van der Waals surface area contributed by atoms with Gasteiger partial charge >= 0.3 is 0 Å². The molecule has 1 saturated heterocycles. The van der Waals surface area contributed by atoms with Crippen molar-refractivity contribution in [3.8, 4) is 11.1 Å². The largest absolute Gasteiger partial charge is 0.459 e. The van der Waals surface area contributed by atoms with E-state index in [2.05, 4.69) is 52.3 Å². The maximum absolute atomic E-state index is 12.6. The van der Waals surface area contributed by atoms with E-state index in [-0.39, 0.29) is 5.91 Å². The Morgan fingerprint density at radius 1 is 1.07 bits per heavy atom. The van der Waals surface area contributed by atoms with Crippen molar-refractivity contribution in [2.75, 3.05) is 31.1 Å². The molecule has 0 unspecified atom stereocenters. The maximum atomic E-state index is 12.6. The van der Waals surface area contributed by atoms with E-state index in [0.29, 0.717) is 18.8 Å². The second-order valence-electron chi connectivity index (χ2n) is 7.60. The number of aromatic nitrogens is 2. The monoisotopic (exact) mass is 418 g/mol. The number of carbonyl (C=O) groups is 1. The standard InChI is InChI=1S/C23H22N4O2S/c1-15-5-6-17(16(2)12-15)18-13-30-22-20(18)21(24-14-25-22)26-7-9-27(10-8-26)23(28)19-4-3-11-29-19/h3-6,11-14H,7-10H2,1-2H3. The van der Waals surface area contributed by atoms with E-state index in [4.69, 9.17) is 4.42 Å². The lowest BCUT2D eigenvalue weighted by Gasteiger charge is -2.35. The number of furan rings is 1. The number of nitrogens with zero attached hydrogens (tertiary/aromatic N) is 4. The van der Waals surface area contributed by atoms with Gasteiger partial charge in [0.15, 0.2) is 5.76 Å². The molecule has 6 nitrogen and oxygen atoms in total. The SMILES string of the molecule is Cc1ccc(-c2csc3ncnc(N4CCN(C(=O)c5ccco5)CC4)c23)c(C)c1. The molecule has 152 valence electrons. The summed E-state index contributed by atoms with van der Waals surface area (Å²) in [6, 6.07) is 10.00. The number of thiophene rings is 1. The number of benzene rings is 1. The summed E-state index contributed by atoms with van der Waals surface area (Å²) in [6.45, 7) is 6.97. The number of fused-ring (bicyclic) bond motifs is 1. The highest BCUT2D eigenvalue weighted by Gasteiger charge is 2.26. The van der Waals surface area contributed by atoms with Gasteiger partial charge in [-0.3, -0.25) is 4.79 Å². The molecule has 0 radical (unpaired) electrons. The molecule has 5 rings (SSSR count). The Morgan fingerprint density at radius 2 is 1.90 bits per heavy atom. The molecule has 4 aromatic rings. The average Bonchev–Trinajstić information content (AvgIpc) is 3.44. The summed E-state index contributed by atoms with van der Waals surface area (Å²) >= 11 is 1.65. The van der Waals surface area contributed by atoms with Crippen molar-refractivity contribution in [2.45, 2.75) is 13.8 Å². The zero-order valence-corrected chi connectivity index (χ0v) is 17.8. The Balaban J connectivity index is 1.46.